The second-order valence-electron chi connectivity index (χ2n) is 7.41. The van der Waals surface area contributed by atoms with Gasteiger partial charge in [0.05, 0.1) is 11.0 Å². The molecule has 1 aliphatic heterocycles. The standard InChI is InChI=1S/C21H20ClN7O/c1-12-11-29(9-8-23-12)21(30)20-24-16-7-6-13(22)10-15(16)18(26-20)25-19-14-4-2-3-5-17(14)27-28-19/h2-7,10,12,23H,8-9,11H2,1H3,(H2,24,25,26,27,28)/t12-/m0/s1. The molecule has 1 atom stereocenters. The molecule has 30 heavy (non-hydrogen) atoms. The van der Waals surface area contributed by atoms with Crippen LogP contribution < -0.4 is 10.6 Å². The summed E-state index contributed by atoms with van der Waals surface area (Å²) in [7, 11) is 0. The highest BCUT2D eigenvalue weighted by molar-refractivity contribution is 6.31. The number of hydrogen-bond acceptors (Lipinski definition) is 6. The fourth-order valence-electron chi connectivity index (χ4n) is 3.72. The maximum atomic E-state index is 13.1. The van der Waals surface area contributed by atoms with Crippen molar-refractivity contribution in [1.29, 1.82) is 0 Å². The Bertz CT molecular complexity index is 1250. The van der Waals surface area contributed by atoms with Crippen LogP contribution in [0, 0.1) is 0 Å². The highest BCUT2D eigenvalue weighted by atomic mass is 35.5. The number of hydrogen-bond donors (Lipinski definition) is 3. The summed E-state index contributed by atoms with van der Waals surface area (Å²) in [5.41, 5.74) is 1.55. The Morgan fingerprint density at radius 1 is 1.17 bits per heavy atom. The molecular weight excluding hydrogens is 402 g/mol. The van der Waals surface area contributed by atoms with Gasteiger partial charge >= 0.3 is 0 Å². The van der Waals surface area contributed by atoms with Crippen LogP contribution in [0.4, 0.5) is 11.6 Å². The number of H-pyrrole nitrogens is 1. The lowest BCUT2D eigenvalue weighted by atomic mass is 10.2. The number of carbonyl (C=O) groups excluding carboxylic acids is 1. The molecule has 152 valence electrons. The van der Waals surface area contributed by atoms with Crippen LogP contribution in [0.2, 0.25) is 5.02 Å². The topological polar surface area (TPSA) is 98.8 Å². The van der Waals surface area contributed by atoms with Crippen LogP contribution in [-0.2, 0) is 0 Å². The second kappa shape index (κ2) is 7.55. The Balaban J connectivity index is 1.59. The van der Waals surface area contributed by atoms with Gasteiger partial charge in [0, 0.05) is 41.5 Å². The van der Waals surface area contributed by atoms with Crippen molar-refractivity contribution in [2.45, 2.75) is 13.0 Å². The van der Waals surface area contributed by atoms with Crippen LogP contribution in [0.1, 0.15) is 17.5 Å². The Kier molecular flexibility index (Phi) is 4.72. The Labute approximate surface area is 177 Å². The molecule has 2 aromatic heterocycles. The summed E-state index contributed by atoms with van der Waals surface area (Å²) in [4.78, 5) is 24.0. The normalized spacial score (nSPS) is 16.9. The van der Waals surface area contributed by atoms with E-state index in [2.05, 4.69) is 37.7 Å². The lowest BCUT2D eigenvalue weighted by Crippen LogP contribution is -2.51. The first-order valence-electron chi connectivity index (χ1n) is 9.78. The van der Waals surface area contributed by atoms with Crippen LogP contribution in [0.3, 0.4) is 0 Å². The molecule has 8 nitrogen and oxygen atoms in total. The van der Waals surface area contributed by atoms with Crippen molar-refractivity contribution in [1.82, 2.24) is 30.4 Å². The lowest BCUT2D eigenvalue weighted by molar-refractivity contribution is 0.0697. The van der Waals surface area contributed by atoms with Gasteiger partial charge < -0.3 is 15.5 Å². The summed E-state index contributed by atoms with van der Waals surface area (Å²) < 4.78 is 0. The molecule has 0 spiro atoms. The molecule has 0 bridgehead atoms. The summed E-state index contributed by atoms with van der Waals surface area (Å²) in [5, 5.41) is 16.2. The third kappa shape index (κ3) is 3.44. The molecule has 3 N–H and O–H groups in total. The molecule has 0 aliphatic carbocycles. The van der Waals surface area contributed by atoms with E-state index < -0.39 is 0 Å². The van der Waals surface area contributed by atoms with Crippen LogP contribution in [0.5, 0.6) is 0 Å². The van der Waals surface area contributed by atoms with Gasteiger partial charge in [0.15, 0.2) is 5.82 Å². The summed E-state index contributed by atoms with van der Waals surface area (Å²) >= 11 is 6.22. The number of carbonyl (C=O) groups is 1. The van der Waals surface area contributed by atoms with Gasteiger partial charge in [-0.2, -0.15) is 5.10 Å². The number of halogens is 1. The zero-order chi connectivity index (χ0) is 20.7. The minimum atomic E-state index is -0.185. The molecule has 3 heterocycles. The zero-order valence-electron chi connectivity index (χ0n) is 16.3. The number of nitrogens with one attached hydrogen (secondary N) is 3. The van der Waals surface area contributed by atoms with Gasteiger partial charge in [-0.15, -0.1) is 0 Å². The summed E-state index contributed by atoms with van der Waals surface area (Å²) in [5.74, 6) is 1.09. The molecule has 4 aromatic rings. The van der Waals surface area contributed by atoms with Crippen molar-refractivity contribution in [3.63, 3.8) is 0 Å². The molecule has 0 saturated carbocycles. The Hall–Kier alpha value is -3.23. The summed E-state index contributed by atoms with van der Waals surface area (Å²) in [6.45, 7) is 4.05. The van der Waals surface area contributed by atoms with Crippen LogP contribution in [-0.4, -0.2) is 56.6 Å². The van der Waals surface area contributed by atoms with Crippen molar-refractivity contribution in [3.05, 3.63) is 53.3 Å². The monoisotopic (exact) mass is 421 g/mol. The van der Waals surface area contributed by atoms with Crippen molar-refractivity contribution < 1.29 is 4.79 Å². The molecule has 1 aliphatic rings. The number of amides is 1. The first-order valence-corrected chi connectivity index (χ1v) is 10.2. The Morgan fingerprint density at radius 2 is 2.03 bits per heavy atom. The predicted molar refractivity (Wildman–Crippen MR) is 117 cm³/mol. The molecule has 0 radical (unpaired) electrons. The molecule has 2 aromatic carbocycles. The summed E-state index contributed by atoms with van der Waals surface area (Å²) in [6, 6.07) is 13.4. The number of anilines is 2. The molecule has 1 amide bonds. The SMILES string of the molecule is C[C@H]1CN(C(=O)c2nc(Nc3n[nH]c4ccccc34)c3cc(Cl)ccc3n2)CCN1. The first kappa shape index (κ1) is 18.8. The van der Waals surface area contributed by atoms with E-state index in [1.165, 1.54) is 0 Å². The number of fused-ring (bicyclic) bond motifs is 2. The average Bonchev–Trinajstić information content (AvgIpc) is 3.16. The van der Waals surface area contributed by atoms with E-state index in [9.17, 15) is 4.79 Å². The second-order valence-corrected chi connectivity index (χ2v) is 7.84. The van der Waals surface area contributed by atoms with E-state index >= 15 is 0 Å². The van der Waals surface area contributed by atoms with E-state index in [4.69, 9.17) is 11.6 Å². The minimum absolute atomic E-state index is 0.154. The predicted octanol–water partition coefficient (Wildman–Crippen LogP) is 3.34. The number of piperazine rings is 1. The van der Waals surface area contributed by atoms with E-state index in [0.29, 0.717) is 35.3 Å². The van der Waals surface area contributed by atoms with Gasteiger partial charge in [-0.05, 0) is 37.3 Å². The maximum Gasteiger partial charge on any atom is 0.291 e. The van der Waals surface area contributed by atoms with Gasteiger partial charge in [-0.1, -0.05) is 23.7 Å². The highest BCUT2D eigenvalue weighted by Crippen LogP contribution is 2.29. The van der Waals surface area contributed by atoms with Gasteiger partial charge in [0.25, 0.3) is 5.91 Å². The molecule has 9 heteroatoms. The van der Waals surface area contributed by atoms with E-state index in [-0.39, 0.29) is 17.8 Å². The fourth-order valence-corrected chi connectivity index (χ4v) is 3.89. The van der Waals surface area contributed by atoms with Crippen molar-refractivity contribution in [2.75, 3.05) is 25.0 Å². The van der Waals surface area contributed by atoms with E-state index in [0.717, 1.165) is 22.8 Å². The van der Waals surface area contributed by atoms with Crippen LogP contribution in [0.15, 0.2) is 42.5 Å². The number of aromatic amines is 1. The van der Waals surface area contributed by atoms with Crippen molar-refractivity contribution in [3.8, 4) is 0 Å². The fraction of sp³-hybridized carbons (Fsp3) is 0.238. The van der Waals surface area contributed by atoms with E-state index in [1.807, 2.05) is 24.3 Å². The van der Waals surface area contributed by atoms with Gasteiger partial charge in [-0.25, -0.2) is 9.97 Å². The number of para-hydroxylation sites is 1. The Morgan fingerprint density at radius 3 is 2.90 bits per heavy atom. The number of nitrogens with zero attached hydrogens (tertiary/aromatic N) is 4. The van der Waals surface area contributed by atoms with Crippen LogP contribution in [0.25, 0.3) is 21.8 Å². The minimum Gasteiger partial charge on any atom is -0.333 e. The average molecular weight is 422 g/mol. The molecule has 5 rings (SSSR count). The van der Waals surface area contributed by atoms with Gasteiger partial charge in [-0.3, -0.25) is 9.89 Å². The molecular formula is C21H20ClN7O. The smallest absolute Gasteiger partial charge is 0.291 e. The number of aromatic nitrogens is 4. The quantitative estimate of drug-likeness (QED) is 0.469. The first-order chi connectivity index (χ1) is 14.6. The molecule has 0 unspecified atom stereocenters. The number of benzene rings is 2. The molecule has 1 saturated heterocycles. The third-order valence-electron chi connectivity index (χ3n) is 5.21. The van der Waals surface area contributed by atoms with Crippen molar-refractivity contribution in [2.24, 2.45) is 0 Å². The van der Waals surface area contributed by atoms with Gasteiger partial charge in [0.2, 0.25) is 5.82 Å². The number of rotatable bonds is 3. The zero-order valence-corrected chi connectivity index (χ0v) is 17.1. The van der Waals surface area contributed by atoms with E-state index in [1.54, 1.807) is 23.1 Å². The van der Waals surface area contributed by atoms with Gasteiger partial charge in [0.1, 0.15) is 5.82 Å². The lowest BCUT2D eigenvalue weighted by Gasteiger charge is -2.31. The van der Waals surface area contributed by atoms with Crippen molar-refractivity contribution >= 4 is 50.9 Å². The third-order valence-corrected chi connectivity index (χ3v) is 5.45. The summed E-state index contributed by atoms with van der Waals surface area (Å²) in [6.07, 6.45) is 0. The molecule has 1 fully saturated rings. The highest BCUT2D eigenvalue weighted by Gasteiger charge is 2.25. The van der Waals surface area contributed by atoms with Crippen LogP contribution >= 0.6 is 11.6 Å². The maximum absolute atomic E-state index is 13.1. The largest absolute Gasteiger partial charge is 0.333 e.